The van der Waals surface area contributed by atoms with Gasteiger partial charge in [0.05, 0.1) is 0 Å². The van der Waals surface area contributed by atoms with Crippen molar-refractivity contribution in [3.63, 3.8) is 0 Å². The molecule has 0 bridgehead atoms. The summed E-state index contributed by atoms with van der Waals surface area (Å²) >= 11 is 0. The van der Waals surface area contributed by atoms with Crippen LogP contribution < -0.4 is 46.9 Å². The maximum absolute atomic E-state index is 14.2. The second-order valence-corrected chi connectivity index (χ2v) is 15.8. The van der Waals surface area contributed by atoms with Gasteiger partial charge in [-0.1, -0.05) is 45.0 Å². The van der Waals surface area contributed by atoms with Crippen molar-refractivity contribution in [3.05, 3.63) is 137 Å². The lowest BCUT2D eigenvalue weighted by atomic mass is 9.92. The van der Waals surface area contributed by atoms with Gasteiger partial charge in [-0.2, -0.15) is 0 Å². The van der Waals surface area contributed by atoms with Crippen LogP contribution in [0.2, 0.25) is 0 Å². The van der Waals surface area contributed by atoms with E-state index in [2.05, 4.69) is 26.1 Å². The van der Waals surface area contributed by atoms with Crippen LogP contribution in [-0.4, -0.2) is 132 Å². The molecule has 0 radical (unpaired) electrons. The molecule has 20 heteroatoms. The number of nitrogens with one attached hydrogen (secondary N) is 1. The summed E-state index contributed by atoms with van der Waals surface area (Å²) in [6.45, 7) is 7.48. The van der Waals surface area contributed by atoms with Gasteiger partial charge >= 0.3 is 0 Å². The highest BCUT2D eigenvalue weighted by molar-refractivity contribution is 5.94. The predicted octanol–water partition coefficient (Wildman–Crippen LogP) is 0.721. The van der Waals surface area contributed by atoms with Crippen molar-refractivity contribution in [2.45, 2.75) is 52.9 Å². The van der Waals surface area contributed by atoms with E-state index in [1.54, 1.807) is 9.80 Å². The molecule has 0 saturated heterocycles. The average Bonchev–Trinajstić information content (AvgIpc) is 3.27. The topological polar surface area (TPSA) is 215 Å². The van der Waals surface area contributed by atoms with E-state index in [1.807, 2.05) is 0 Å². The molecule has 0 aliphatic heterocycles. The molecule has 0 fully saturated rings. The molecule has 0 unspecified atom stereocenters. The zero-order valence-electron chi connectivity index (χ0n) is 37.4. The summed E-state index contributed by atoms with van der Waals surface area (Å²) in [6, 6.07) is 16.8. The Kier molecular flexibility index (Phi) is 18.1. The summed E-state index contributed by atoms with van der Waals surface area (Å²) in [5, 5.41) is 2.74. The molecular formula is C44H58N8O12. The Morgan fingerprint density at radius 1 is 0.469 bits per heavy atom. The molecule has 4 amide bonds. The summed E-state index contributed by atoms with van der Waals surface area (Å²) < 4.78 is 3.57. The standard InChI is InChI=1S/C44H58N8O12/c1-44(2,3)24-31-48(43(60)35-19-13-23-39(56)52(35)64-7)30-15-29-47(42(59)34-18-12-22-38(55)51(34)63-6)27-9-8-26-46(41(58)33-17-11-21-37(54)50(33)62-5)28-14-25-45-40(57)32-16-10-20-36(53)49(32)61-4/h10-13,16-23H,8-9,14-15,24-31H2,1-7H3,(H,45,57). The van der Waals surface area contributed by atoms with E-state index in [9.17, 15) is 38.4 Å². The quantitative estimate of drug-likeness (QED) is 0.102. The Hall–Kier alpha value is -7.12. The fourth-order valence-corrected chi connectivity index (χ4v) is 6.82. The Morgan fingerprint density at radius 2 is 0.781 bits per heavy atom. The summed E-state index contributed by atoms with van der Waals surface area (Å²) in [7, 11) is 5.11. The first-order valence-corrected chi connectivity index (χ1v) is 20.8. The maximum Gasteiger partial charge on any atom is 0.283 e. The van der Waals surface area contributed by atoms with Crippen LogP contribution in [0.1, 0.15) is 94.8 Å². The number of hydrogen-bond donors (Lipinski definition) is 1. The molecule has 64 heavy (non-hydrogen) atoms. The van der Waals surface area contributed by atoms with Crippen LogP contribution in [-0.2, 0) is 0 Å². The van der Waals surface area contributed by atoms with Gasteiger partial charge in [0.2, 0.25) is 0 Å². The minimum absolute atomic E-state index is 0.00842. The van der Waals surface area contributed by atoms with Crippen LogP contribution in [0.5, 0.6) is 0 Å². The van der Waals surface area contributed by atoms with Gasteiger partial charge in [-0.15, -0.1) is 18.9 Å². The number of hydrogen-bond acceptors (Lipinski definition) is 12. The molecule has 1 N–H and O–H groups in total. The van der Waals surface area contributed by atoms with E-state index >= 15 is 0 Å². The third-order valence-electron chi connectivity index (χ3n) is 10.1. The van der Waals surface area contributed by atoms with Gasteiger partial charge in [0.25, 0.3) is 45.9 Å². The zero-order valence-corrected chi connectivity index (χ0v) is 37.4. The summed E-state index contributed by atoms with van der Waals surface area (Å²) in [5.74, 6) is -2.00. The van der Waals surface area contributed by atoms with Crippen molar-refractivity contribution in [2.75, 3.05) is 74.3 Å². The number of amides is 4. The fraction of sp³-hybridized carbons (Fsp3) is 0.455. The highest BCUT2D eigenvalue weighted by Crippen LogP contribution is 2.20. The number of unbranched alkanes of at least 4 members (excludes halogenated alkanes) is 1. The van der Waals surface area contributed by atoms with Crippen molar-refractivity contribution in [2.24, 2.45) is 5.41 Å². The molecule has 20 nitrogen and oxygen atoms in total. The summed E-state index contributed by atoms with van der Waals surface area (Å²) in [4.78, 5) is 130. The first-order valence-electron chi connectivity index (χ1n) is 20.8. The maximum atomic E-state index is 14.2. The first kappa shape index (κ1) is 49.5. The van der Waals surface area contributed by atoms with Gasteiger partial charge in [-0.3, -0.25) is 38.4 Å². The van der Waals surface area contributed by atoms with Crippen LogP contribution in [0, 0.1) is 5.41 Å². The Bertz CT molecular complexity index is 2490. The Morgan fingerprint density at radius 3 is 1.14 bits per heavy atom. The molecule has 4 aromatic heterocycles. The van der Waals surface area contributed by atoms with Crippen LogP contribution in [0.25, 0.3) is 0 Å². The summed E-state index contributed by atoms with van der Waals surface area (Å²) in [5.41, 5.74) is -2.23. The van der Waals surface area contributed by atoms with Gasteiger partial charge in [0, 0.05) is 70.1 Å². The van der Waals surface area contributed by atoms with Crippen LogP contribution >= 0.6 is 0 Å². The zero-order chi connectivity index (χ0) is 47.0. The molecule has 0 spiro atoms. The van der Waals surface area contributed by atoms with E-state index in [1.165, 1.54) is 106 Å². The van der Waals surface area contributed by atoms with Crippen LogP contribution in [0.15, 0.2) is 92.0 Å². The van der Waals surface area contributed by atoms with E-state index in [4.69, 9.17) is 19.4 Å². The lowest BCUT2D eigenvalue weighted by Gasteiger charge is -2.29. The van der Waals surface area contributed by atoms with Gasteiger partial charge in [-0.25, -0.2) is 0 Å². The van der Waals surface area contributed by atoms with E-state index < -0.39 is 45.9 Å². The molecular weight excluding hydrogens is 833 g/mol. The number of pyridine rings is 4. The molecule has 4 heterocycles. The third-order valence-corrected chi connectivity index (χ3v) is 10.1. The van der Waals surface area contributed by atoms with Gasteiger partial charge in [-0.05, 0) is 61.8 Å². The molecule has 0 aliphatic rings. The average molecular weight is 891 g/mol. The van der Waals surface area contributed by atoms with Crippen molar-refractivity contribution in [3.8, 4) is 0 Å². The summed E-state index contributed by atoms with van der Waals surface area (Å²) in [6.07, 6.45) is 2.00. The second-order valence-electron chi connectivity index (χ2n) is 15.8. The monoisotopic (exact) mass is 890 g/mol. The van der Waals surface area contributed by atoms with Crippen molar-refractivity contribution in [1.29, 1.82) is 0 Å². The van der Waals surface area contributed by atoms with E-state index in [0.29, 0.717) is 32.2 Å². The molecule has 0 saturated carbocycles. The van der Waals surface area contributed by atoms with Crippen LogP contribution in [0.4, 0.5) is 0 Å². The number of rotatable bonds is 23. The first-order chi connectivity index (χ1) is 30.6. The molecule has 0 aromatic carbocycles. The fourth-order valence-electron chi connectivity index (χ4n) is 6.82. The smallest absolute Gasteiger partial charge is 0.283 e. The lowest BCUT2D eigenvalue weighted by Crippen LogP contribution is -2.42. The van der Waals surface area contributed by atoms with E-state index in [0.717, 1.165) is 18.9 Å². The van der Waals surface area contributed by atoms with Gasteiger partial charge in [0.15, 0.2) is 0 Å². The van der Waals surface area contributed by atoms with Crippen molar-refractivity contribution in [1.82, 2.24) is 38.9 Å². The number of carbonyl (C=O) groups excluding carboxylic acids is 4. The largest absolute Gasteiger partial charge is 0.413 e. The third kappa shape index (κ3) is 13.0. The number of nitrogens with zero attached hydrogens (tertiary/aromatic N) is 7. The molecule has 0 atom stereocenters. The highest BCUT2D eigenvalue weighted by atomic mass is 16.7. The van der Waals surface area contributed by atoms with Crippen LogP contribution in [0.3, 0.4) is 0 Å². The SMILES string of the molecule is COn1c(C(=O)NCCCN(CCCCN(CCCN(CCC(C)(C)C)C(=O)c2cccc(=O)n2OC)C(=O)c2cccc(=O)n2OC)C(=O)c2cccc(=O)n2OC)cccc1=O. The van der Waals surface area contributed by atoms with E-state index in [-0.39, 0.29) is 73.9 Å². The Balaban J connectivity index is 1.53. The normalized spacial score (nSPS) is 11.0. The Labute approximate surface area is 369 Å². The number of aromatic nitrogens is 4. The second kappa shape index (κ2) is 23.4. The number of carbonyl (C=O) groups is 4. The van der Waals surface area contributed by atoms with Crippen molar-refractivity contribution >= 4 is 23.6 Å². The minimum Gasteiger partial charge on any atom is -0.413 e. The predicted molar refractivity (Wildman–Crippen MR) is 235 cm³/mol. The van der Waals surface area contributed by atoms with Gasteiger partial charge in [0.1, 0.15) is 51.2 Å². The molecule has 4 rings (SSSR count). The minimum atomic E-state index is -0.562. The molecule has 0 aliphatic carbocycles. The van der Waals surface area contributed by atoms with Gasteiger partial charge < -0.3 is 39.4 Å². The highest BCUT2D eigenvalue weighted by Gasteiger charge is 2.26. The lowest BCUT2D eigenvalue weighted by molar-refractivity contribution is 0.0625. The molecule has 4 aromatic rings. The van der Waals surface area contributed by atoms with Crippen molar-refractivity contribution < 1.29 is 38.5 Å². The molecule has 346 valence electrons.